The lowest BCUT2D eigenvalue weighted by Crippen LogP contribution is -2.32. The number of anilines is 1. The predicted octanol–water partition coefficient (Wildman–Crippen LogP) is 2.60. The second kappa shape index (κ2) is 7.90. The zero-order valence-electron chi connectivity index (χ0n) is 15.9. The molecule has 0 aliphatic rings. The number of aromatic nitrogens is 2. The first-order chi connectivity index (χ1) is 12.1. The molecule has 0 bridgehead atoms. The monoisotopic (exact) mass is 378 g/mol. The zero-order chi connectivity index (χ0) is 19.5. The van der Waals surface area contributed by atoms with Crippen molar-refractivity contribution in [2.75, 3.05) is 18.1 Å². The standard InChI is InChI=1S/C18H26N4O3S/c1-6-16-13(3)21-22(14(16)4)10-9-19-18(23)20-17-11-15(26(5,24)25)8-7-12(17)2/h7-8,11H,6,9-10H2,1-5H3,(H2,19,20,23). The molecule has 1 aromatic carbocycles. The highest BCUT2D eigenvalue weighted by Crippen LogP contribution is 2.20. The molecular formula is C18H26N4O3S. The Bertz CT molecular complexity index is 917. The molecule has 2 rings (SSSR count). The maximum absolute atomic E-state index is 12.1. The molecule has 0 saturated heterocycles. The average molecular weight is 378 g/mol. The minimum atomic E-state index is -3.32. The fraction of sp³-hybridized carbons (Fsp3) is 0.444. The summed E-state index contributed by atoms with van der Waals surface area (Å²) in [5.41, 5.74) is 4.64. The maximum atomic E-state index is 12.1. The number of benzene rings is 1. The summed E-state index contributed by atoms with van der Waals surface area (Å²) in [6.07, 6.45) is 2.07. The van der Waals surface area contributed by atoms with Crippen molar-refractivity contribution < 1.29 is 13.2 Å². The van der Waals surface area contributed by atoms with E-state index in [0.29, 0.717) is 18.8 Å². The van der Waals surface area contributed by atoms with Crippen molar-refractivity contribution in [2.45, 2.75) is 45.6 Å². The summed E-state index contributed by atoms with van der Waals surface area (Å²) in [5.74, 6) is 0. The van der Waals surface area contributed by atoms with E-state index in [2.05, 4.69) is 22.7 Å². The number of nitrogens with one attached hydrogen (secondary N) is 2. The summed E-state index contributed by atoms with van der Waals surface area (Å²) < 4.78 is 25.2. The van der Waals surface area contributed by atoms with Gasteiger partial charge in [-0.1, -0.05) is 13.0 Å². The van der Waals surface area contributed by atoms with Crippen molar-refractivity contribution >= 4 is 21.6 Å². The largest absolute Gasteiger partial charge is 0.336 e. The molecule has 0 radical (unpaired) electrons. The van der Waals surface area contributed by atoms with Gasteiger partial charge in [0.2, 0.25) is 0 Å². The molecule has 8 heteroatoms. The lowest BCUT2D eigenvalue weighted by Gasteiger charge is -2.12. The highest BCUT2D eigenvalue weighted by molar-refractivity contribution is 7.90. The fourth-order valence-corrected chi connectivity index (χ4v) is 3.52. The Morgan fingerprint density at radius 2 is 1.92 bits per heavy atom. The van der Waals surface area contributed by atoms with Gasteiger partial charge in [0.05, 0.1) is 17.1 Å². The predicted molar refractivity (Wildman–Crippen MR) is 102 cm³/mol. The van der Waals surface area contributed by atoms with Crippen LogP contribution in [0.2, 0.25) is 0 Å². The highest BCUT2D eigenvalue weighted by atomic mass is 32.2. The molecule has 0 unspecified atom stereocenters. The number of hydrogen-bond donors (Lipinski definition) is 2. The summed E-state index contributed by atoms with van der Waals surface area (Å²) in [6, 6.07) is 4.30. The van der Waals surface area contributed by atoms with E-state index >= 15 is 0 Å². The van der Waals surface area contributed by atoms with Crippen LogP contribution in [0.3, 0.4) is 0 Å². The average Bonchev–Trinajstić information content (AvgIpc) is 2.82. The number of urea groups is 1. The molecule has 2 N–H and O–H groups in total. The van der Waals surface area contributed by atoms with Gasteiger partial charge < -0.3 is 10.6 Å². The van der Waals surface area contributed by atoms with Crippen molar-refractivity contribution in [3.8, 4) is 0 Å². The Kier molecular flexibility index (Phi) is 6.07. The number of sulfone groups is 1. The molecule has 0 spiro atoms. The molecule has 2 aromatic rings. The SMILES string of the molecule is CCc1c(C)nn(CCNC(=O)Nc2cc(S(C)(=O)=O)ccc2C)c1C. The lowest BCUT2D eigenvalue weighted by atomic mass is 10.1. The van der Waals surface area contributed by atoms with Gasteiger partial charge in [0.1, 0.15) is 0 Å². The zero-order valence-corrected chi connectivity index (χ0v) is 16.7. The molecule has 1 aromatic heterocycles. The summed E-state index contributed by atoms with van der Waals surface area (Å²) >= 11 is 0. The molecule has 2 amide bonds. The smallest absolute Gasteiger partial charge is 0.319 e. The van der Waals surface area contributed by atoms with Crippen LogP contribution < -0.4 is 10.6 Å². The quantitative estimate of drug-likeness (QED) is 0.808. The first-order valence-corrected chi connectivity index (χ1v) is 10.4. The van der Waals surface area contributed by atoms with Crippen LogP contribution in [-0.2, 0) is 22.8 Å². The summed E-state index contributed by atoms with van der Waals surface area (Å²) in [6.45, 7) is 8.91. The van der Waals surface area contributed by atoms with Gasteiger partial charge >= 0.3 is 6.03 Å². The molecule has 0 aliphatic carbocycles. The van der Waals surface area contributed by atoms with Crippen LogP contribution in [0, 0.1) is 20.8 Å². The minimum Gasteiger partial charge on any atom is -0.336 e. The Morgan fingerprint density at radius 3 is 2.50 bits per heavy atom. The number of hydrogen-bond acceptors (Lipinski definition) is 4. The van der Waals surface area contributed by atoms with Crippen LogP contribution >= 0.6 is 0 Å². The Morgan fingerprint density at radius 1 is 1.23 bits per heavy atom. The molecule has 0 atom stereocenters. The van der Waals surface area contributed by atoms with Gasteiger partial charge in [-0.15, -0.1) is 0 Å². The van der Waals surface area contributed by atoms with Crippen LogP contribution in [0.4, 0.5) is 10.5 Å². The van der Waals surface area contributed by atoms with Crippen LogP contribution in [0.15, 0.2) is 23.1 Å². The van der Waals surface area contributed by atoms with Crippen LogP contribution in [0.5, 0.6) is 0 Å². The van der Waals surface area contributed by atoms with Crippen molar-refractivity contribution in [1.29, 1.82) is 0 Å². The molecule has 0 aliphatic heterocycles. The molecule has 0 fully saturated rings. The van der Waals surface area contributed by atoms with Crippen LogP contribution in [0.25, 0.3) is 0 Å². The summed E-state index contributed by atoms with van der Waals surface area (Å²) in [5, 5.41) is 9.98. The minimum absolute atomic E-state index is 0.174. The number of nitrogens with zero attached hydrogens (tertiary/aromatic N) is 2. The third kappa shape index (κ3) is 4.63. The van der Waals surface area contributed by atoms with Gasteiger partial charge in [0.15, 0.2) is 9.84 Å². The number of carbonyl (C=O) groups is 1. The molecule has 142 valence electrons. The van der Waals surface area contributed by atoms with E-state index in [1.165, 1.54) is 17.7 Å². The van der Waals surface area contributed by atoms with E-state index in [-0.39, 0.29) is 10.9 Å². The third-order valence-electron chi connectivity index (χ3n) is 4.38. The second-order valence-electron chi connectivity index (χ2n) is 6.36. The van der Waals surface area contributed by atoms with E-state index in [1.54, 1.807) is 6.07 Å². The van der Waals surface area contributed by atoms with Gasteiger partial charge in [-0.3, -0.25) is 4.68 Å². The van der Waals surface area contributed by atoms with E-state index in [1.807, 2.05) is 25.5 Å². The second-order valence-corrected chi connectivity index (χ2v) is 8.37. The van der Waals surface area contributed by atoms with Crippen molar-refractivity contribution in [1.82, 2.24) is 15.1 Å². The highest BCUT2D eigenvalue weighted by Gasteiger charge is 2.12. The molecule has 7 nitrogen and oxygen atoms in total. The van der Waals surface area contributed by atoms with Gasteiger partial charge in [0.25, 0.3) is 0 Å². The summed E-state index contributed by atoms with van der Waals surface area (Å²) in [4.78, 5) is 12.3. The topological polar surface area (TPSA) is 93.1 Å². The molecule has 0 saturated carbocycles. The number of rotatable bonds is 6. The summed E-state index contributed by atoms with van der Waals surface area (Å²) in [7, 11) is -3.32. The molecule has 1 heterocycles. The molecule has 26 heavy (non-hydrogen) atoms. The van der Waals surface area contributed by atoms with E-state index in [9.17, 15) is 13.2 Å². The van der Waals surface area contributed by atoms with E-state index < -0.39 is 9.84 Å². The molecular weight excluding hydrogens is 352 g/mol. The number of aryl methyl sites for hydroxylation is 2. The number of carbonyl (C=O) groups excluding carboxylic acids is 1. The van der Waals surface area contributed by atoms with E-state index in [0.717, 1.165) is 29.6 Å². The first-order valence-electron chi connectivity index (χ1n) is 8.52. The maximum Gasteiger partial charge on any atom is 0.319 e. The fourth-order valence-electron chi connectivity index (χ4n) is 2.87. The van der Waals surface area contributed by atoms with Crippen molar-refractivity contribution in [3.05, 3.63) is 40.7 Å². The van der Waals surface area contributed by atoms with Gasteiger partial charge in [-0.25, -0.2) is 13.2 Å². The Labute approximate surface area is 154 Å². The van der Waals surface area contributed by atoms with Gasteiger partial charge in [-0.2, -0.15) is 5.10 Å². The number of amides is 2. The normalized spacial score (nSPS) is 11.4. The van der Waals surface area contributed by atoms with Gasteiger partial charge in [-0.05, 0) is 50.5 Å². The van der Waals surface area contributed by atoms with Crippen molar-refractivity contribution in [3.63, 3.8) is 0 Å². The van der Waals surface area contributed by atoms with Crippen molar-refractivity contribution in [2.24, 2.45) is 0 Å². The van der Waals surface area contributed by atoms with E-state index in [4.69, 9.17) is 0 Å². The third-order valence-corrected chi connectivity index (χ3v) is 5.49. The van der Waals surface area contributed by atoms with Gasteiger partial charge in [0, 0.05) is 24.2 Å². The first kappa shape index (κ1) is 20.0. The van der Waals surface area contributed by atoms with Crippen LogP contribution in [0.1, 0.15) is 29.4 Å². The van der Waals surface area contributed by atoms with Crippen LogP contribution in [-0.4, -0.2) is 37.0 Å². The Hall–Kier alpha value is -2.35. The Balaban J connectivity index is 1.98. The lowest BCUT2D eigenvalue weighted by molar-refractivity contribution is 0.251.